The van der Waals surface area contributed by atoms with E-state index < -0.39 is 0 Å². The molecule has 0 aliphatic carbocycles. The van der Waals surface area contributed by atoms with Crippen molar-refractivity contribution in [2.24, 2.45) is 11.8 Å². The molecule has 0 bridgehead atoms. The summed E-state index contributed by atoms with van der Waals surface area (Å²) in [6.45, 7) is 8.01. The Hall–Kier alpha value is -0.940. The number of nitrogens with one attached hydrogen (secondary N) is 1. The SMILES string of the molecule is CCc1csc(C2CCCN(C(=O)C(C)C3CNC3)C2)n1. The van der Waals surface area contributed by atoms with Crippen molar-refractivity contribution in [3.63, 3.8) is 0 Å². The second-order valence-electron chi connectivity index (χ2n) is 6.36. The summed E-state index contributed by atoms with van der Waals surface area (Å²) in [4.78, 5) is 19.5. The van der Waals surface area contributed by atoms with Gasteiger partial charge in [0.1, 0.15) is 0 Å². The third-order valence-corrected chi connectivity index (χ3v) is 5.98. The Morgan fingerprint density at radius 3 is 3.00 bits per heavy atom. The van der Waals surface area contributed by atoms with E-state index in [4.69, 9.17) is 4.98 Å². The van der Waals surface area contributed by atoms with E-state index in [2.05, 4.69) is 29.4 Å². The standard InChI is InChI=1S/C16H25N3OS/c1-3-14-10-21-15(18-14)12-5-4-6-19(9-12)16(20)11(2)13-7-17-8-13/h10-13,17H,3-9H2,1-2H3. The average Bonchev–Trinajstić information content (AvgIpc) is 2.93. The molecule has 0 radical (unpaired) electrons. The molecule has 0 spiro atoms. The maximum absolute atomic E-state index is 12.7. The molecule has 2 aliphatic rings. The molecule has 0 aromatic carbocycles. The lowest BCUT2D eigenvalue weighted by atomic mass is 9.87. The van der Waals surface area contributed by atoms with Crippen LogP contribution in [0.2, 0.25) is 0 Å². The number of piperidine rings is 1. The van der Waals surface area contributed by atoms with Gasteiger partial charge in [-0.05, 0) is 38.3 Å². The number of hydrogen-bond acceptors (Lipinski definition) is 4. The minimum atomic E-state index is 0.160. The van der Waals surface area contributed by atoms with E-state index in [1.165, 1.54) is 17.1 Å². The monoisotopic (exact) mass is 307 g/mol. The van der Waals surface area contributed by atoms with Gasteiger partial charge >= 0.3 is 0 Å². The molecule has 1 aromatic heterocycles. The molecule has 2 saturated heterocycles. The molecule has 2 aliphatic heterocycles. The quantitative estimate of drug-likeness (QED) is 0.928. The molecular weight excluding hydrogens is 282 g/mol. The van der Waals surface area contributed by atoms with Gasteiger partial charge in [-0.1, -0.05) is 13.8 Å². The fraction of sp³-hybridized carbons (Fsp3) is 0.750. The highest BCUT2D eigenvalue weighted by Crippen LogP contribution is 2.31. The highest BCUT2D eigenvalue weighted by molar-refractivity contribution is 7.09. The molecule has 4 nitrogen and oxygen atoms in total. The van der Waals surface area contributed by atoms with Crippen LogP contribution in [0, 0.1) is 11.8 Å². The van der Waals surface area contributed by atoms with Crippen LogP contribution in [0.15, 0.2) is 5.38 Å². The second-order valence-corrected chi connectivity index (χ2v) is 7.25. The summed E-state index contributed by atoms with van der Waals surface area (Å²) in [6, 6.07) is 0. The number of aromatic nitrogens is 1. The van der Waals surface area contributed by atoms with Gasteiger partial charge in [-0.2, -0.15) is 0 Å². The number of amides is 1. The fourth-order valence-corrected chi connectivity index (χ4v) is 4.24. The van der Waals surface area contributed by atoms with Crippen LogP contribution in [-0.4, -0.2) is 42.0 Å². The molecule has 1 amide bonds. The van der Waals surface area contributed by atoms with Gasteiger partial charge in [-0.3, -0.25) is 4.79 Å². The van der Waals surface area contributed by atoms with Gasteiger partial charge in [0.05, 0.1) is 10.7 Å². The first kappa shape index (κ1) is 15.0. The van der Waals surface area contributed by atoms with E-state index in [0.717, 1.165) is 39.0 Å². The summed E-state index contributed by atoms with van der Waals surface area (Å²) in [5.74, 6) is 1.48. The number of hydrogen-bond donors (Lipinski definition) is 1. The molecule has 1 aromatic rings. The van der Waals surface area contributed by atoms with Crippen molar-refractivity contribution >= 4 is 17.2 Å². The minimum Gasteiger partial charge on any atom is -0.342 e. The molecule has 2 unspecified atom stereocenters. The Labute approximate surface area is 130 Å². The van der Waals surface area contributed by atoms with Gasteiger partial charge in [0.25, 0.3) is 0 Å². The molecule has 1 N–H and O–H groups in total. The van der Waals surface area contributed by atoms with E-state index >= 15 is 0 Å². The molecule has 116 valence electrons. The Bertz CT molecular complexity index is 497. The topological polar surface area (TPSA) is 45.2 Å². The van der Waals surface area contributed by atoms with Crippen LogP contribution >= 0.6 is 11.3 Å². The number of thiazole rings is 1. The summed E-state index contributed by atoms with van der Waals surface area (Å²) >= 11 is 1.77. The predicted octanol–water partition coefficient (Wildman–Crippen LogP) is 2.27. The van der Waals surface area contributed by atoms with E-state index in [1.54, 1.807) is 11.3 Å². The third kappa shape index (κ3) is 3.14. The maximum Gasteiger partial charge on any atom is 0.225 e. The Morgan fingerprint density at radius 1 is 1.57 bits per heavy atom. The van der Waals surface area contributed by atoms with Crippen LogP contribution in [0.3, 0.4) is 0 Å². The van der Waals surface area contributed by atoms with Crippen molar-refractivity contribution in [3.8, 4) is 0 Å². The van der Waals surface area contributed by atoms with Gasteiger partial charge in [0.15, 0.2) is 0 Å². The Kier molecular flexibility index (Phi) is 4.60. The van der Waals surface area contributed by atoms with Crippen molar-refractivity contribution in [1.82, 2.24) is 15.2 Å². The van der Waals surface area contributed by atoms with Gasteiger partial charge in [0.2, 0.25) is 5.91 Å². The normalized spacial score (nSPS) is 24.7. The Morgan fingerprint density at radius 2 is 2.38 bits per heavy atom. The van der Waals surface area contributed by atoms with E-state index in [-0.39, 0.29) is 5.92 Å². The van der Waals surface area contributed by atoms with Crippen molar-refractivity contribution in [1.29, 1.82) is 0 Å². The van der Waals surface area contributed by atoms with Crippen molar-refractivity contribution in [3.05, 3.63) is 16.1 Å². The lowest BCUT2D eigenvalue weighted by Crippen LogP contribution is -2.51. The fourth-order valence-electron chi connectivity index (χ4n) is 3.21. The van der Waals surface area contributed by atoms with Crippen LogP contribution < -0.4 is 5.32 Å². The molecule has 3 rings (SSSR count). The van der Waals surface area contributed by atoms with Gasteiger partial charge in [0, 0.05) is 30.3 Å². The summed E-state index contributed by atoms with van der Waals surface area (Å²) in [5.41, 5.74) is 1.19. The summed E-state index contributed by atoms with van der Waals surface area (Å²) in [7, 11) is 0. The molecule has 2 fully saturated rings. The number of rotatable bonds is 4. The maximum atomic E-state index is 12.7. The lowest BCUT2D eigenvalue weighted by Gasteiger charge is -2.38. The predicted molar refractivity (Wildman–Crippen MR) is 85.6 cm³/mol. The van der Waals surface area contributed by atoms with Crippen LogP contribution in [0.25, 0.3) is 0 Å². The van der Waals surface area contributed by atoms with E-state index in [0.29, 0.717) is 17.7 Å². The highest BCUT2D eigenvalue weighted by atomic mass is 32.1. The van der Waals surface area contributed by atoms with Crippen LogP contribution in [0.4, 0.5) is 0 Å². The zero-order valence-corrected chi connectivity index (χ0v) is 13.8. The smallest absolute Gasteiger partial charge is 0.225 e. The average molecular weight is 307 g/mol. The summed E-state index contributed by atoms with van der Waals surface area (Å²) in [5, 5.41) is 6.65. The third-order valence-electron chi connectivity index (χ3n) is 4.92. The summed E-state index contributed by atoms with van der Waals surface area (Å²) in [6.07, 6.45) is 3.27. The molecule has 21 heavy (non-hydrogen) atoms. The lowest BCUT2D eigenvalue weighted by molar-refractivity contribution is -0.138. The van der Waals surface area contributed by atoms with Gasteiger partial charge < -0.3 is 10.2 Å². The zero-order chi connectivity index (χ0) is 14.8. The molecule has 2 atom stereocenters. The van der Waals surface area contributed by atoms with Gasteiger partial charge in [-0.25, -0.2) is 4.98 Å². The first-order chi connectivity index (χ1) is 10.2. The largest absolute Gasteiger partial charge is 0.342 e. The molecule has 5 heteroatoms. The first-order valence-corrected chi connectivity index (χ1v) is 9.00. The zero-order valence-electron chi connectivity index (χ0n) is 13.0. The van der Waals surface area contributed by atoms with E-state index in [9.17, 15) is 4.79 Å². The van der Waals surface area contributed by atoms with Crippen molar-refractivity contribution in [2.75, 3.05) is 26.2 Å². The van der Waals surface area contributed by atoms with Crippen LogP contribution in [-0.2, 0) is 11.2 Å². The molecular formula is C16H25N3OS. The van der Waals surface area contributed by atoms with Crippen molar-refractivity contribution < 1.29 is 4.79 Å². The number of carbonyl (C=O) groups is 1. The highest BCUT2D eigenvalue weighted by Gasteiger charge is 2.34. The van der Waals surface area contributed by atoms with Crippen molar-refractivity contribution in [2.45, 2.75) is 39.0 Å². The first-order valence-electron chi connectivity index (χ1n) is 8.12. The molecule has 3 heterocycles. The number of carbonyl (C=O) groups excluding carboxylic acids is 1. The minimum absolute atomic E-state index is 0.160. The Balaban J connectivity index is 1.63. The summed E-state index contributed by atoms with van der Waals surface area (Å²) < 4.78 is 0. The van der Waals surface area contributed by atoms with Crippen LogP contribution in [0.1, 0.15) is 43.3 Å². The second kappa shape index (κ2) is 6.44. The number of aryl methyl sites for hydroxylation is 1. The van der Waals surface area contributed by atoms with E-state index in [1.807, 2.05) is 0 Å². The number of likely N-dealkylation sites (tertiary alicyclic amines) is 1. The van der Waals surface area contributed by atoms with Crippen LogP contribution in [0.5, 0.6) is 0 Å². The number of nitrogens with zero attached hydrogens (tertiary/aromatic N) is 2. The van der Waals surface area contributed by atoms with Gasteiger partial charge in [-0.15, -0.1) is 11.3 Å². The molecule has 0 saturated carbocycles.